The predicted octanol–water partition coefficient (Wildman–Crippen LogP) is 3.88. The number of ether oxygens (including phenoxy) is 2. The summed E-state index contributed by atoms with van der Waals surface area (Å²) in [6.45, 7) is 4.00. The summed E-state index contributed by atoms with van der Waals surface area (Å²) in [4.78, 5) is 0. The number of halogens is 2. The lowest BCUT2D eigenvalue weighted by Crippen LogP contribution is -2.04. The molecule has 0 bridgehead atoms. The molecule has 4 heteroatoms. The summed E-state index contributed by atoms with van der Waals surface area (Å²) >= 11 is 11.8. The Hall–Kier alpha value is -0.440. The molecule has 0 saturated heterocycles. The van der Waals surface area contributed by atoms with Gasteiger partial charge in [0.1, 0.15) is 5.75 Å². The van der Waals surface area contributed by atoms with Gasteiger partial charge in [0.05, 0.1) is 17.5 Å². The Morgan fingerprint density at radius 1 is 1.25 bits per heavy atom. The second kappa shape index (κ2) is 7.77. The van der Waals surface area contributed by atoms with Crippen molar-refractivity contribution in [2.24, 2.45) is 0 Å². The van der Waals surface area contributed by atoms with Crippen LogP contribution in [0.1, 0.15) is 18.9 Å². The number of hydrogen-bond acceptors (Lipinski definition) is 2. The second-order valence-electron chi connectivity index (χ2n) is 3.26. The molecule has 0 spiro atoms. The minimum Gasteiger partial charge on any atom is -0.492 e. The van der Waals surface area contributed by atoms with Crippen molar-refractivity contribution < 1.29 is 9.47 Å². The van der Waals surface area contributed by atoms with Crippen LogP contribution in [0.3, 0.4) is 0 Å². The van der Waals surface area contributed by atoms with E-state index in [0.717, 1.165) is 18.6 Å². The van der Waals surface area contributed by atoms with Crippen LogP contribution in [0.2, 0.25) is 5.02 Å². The number of rotatable bonds is 7. The van der Waals surface area contributed by atoms with E-state index in [2.05, 4.69) is 0 Å². The molecule has 90 valence electrons. The summed E-state index contributed by atoms with van der Waals surface area (Å²) in [6, 6.07) is 5.58. The molecule has 0 saturated carbocycles. The molecule has 0 fully saturated rings. The van der Waals surface area contributed by atoms with Crippen molar-refractivity contribution in [2.75, 3.05) is 19.8 Å². The molecule has 1 aromatic rings. The molecule has 0 N–H and O–H groups in total. The smallest absolute Gasteiger partial charge is 0.142 e. The molecule has 0 heterocycles. The van der Waals surface area contributed by atoms with Gasteiger partial charge in [-0.05, 0) is 13.0 Å². The van der Waals surface area contributed by atoms with E-state index in [1.165, 1.54) is 0 Å². The van der Waals surface area contributed by atoms with Crippen molar-refractivity contribution in [3.05, 3.63) is 28.8 Å². The van der Waals surface area contributed by atoms with Crippen LogP contribution in [0.4, 0.5) is 0 Å². The summed E-state index contributed by atoms with van der Waals surface area (Å²) in [5.74, 6) is 1.09. The standard InChI is InChI=1S/C12H16Cl2O2/c1-2-15-7-4-8-16-12-10(9-13)5-3-6-11(12)14/h3,5-6H,2,4,7-9H2,1H3. The zero-order chi connectivity index (χ0) is 11.8. The fraction of sp³-hybridized carbons (Fsp3) is 0.500. The summed E-state index contributed by atoms with van der Waals surface area (Å²) < 4.78 is 10.8. The van der Waals surface area contributed by atoms with Crippen molar-refractivity contribution in [3.63, 3.8) is 0 Å². The molecule has 0 aliphatic rings. The van der Waals surface area contributed by atoms with Gasteiger partial charge in [-0.3, -0.25) is 0 Å². The van der Waals surface area contributed by atoms with Crippen LogP contribution in [0.25, 0.3) is 0 Å². The molecular weight excluding hydrogens is 247 g/mol. The van der Waals surface area contributed by atoms with Crippen molar-refractivity contribution in [1.29, 1.82) is 0 Å². The van der Waals surface area contributed by atoms with Crippen molar-refractivity contribution >= 4 is 23.2 Å². The molecule has 0 aliphatic carbocycles. The molecule has 2 nitrogen and oxygen atoms in total. The van der Waals surface area contributed by atoms with E-state index in [4.69, 9.17) is 32.7 Å². The van der Waals surface area contributed by atoms with Gasteiger partial charge < -0.3 is 9.47 Å². The van der Waals surface area contributed by atoms with Crippen LogP contribution < -0.4 is 4.74 Å². The Labute approximate surface area is 106 Å². The average Bonchev–Trinajstić information content (AvgIpc) is 2.30. The van der Waals surface area contributed by atoms with Crippen LogP contribution in [-0.4, -0.2) is 19.8 Å². The van der Waals surface area contributed by atoms with Gasteiger partial charge in [-0.2, -0.15) is 0 Å². The molecule has 0 aliphatic heterocycles. The first-order valence-electron chi connectivity index (χ1n) is 5.33. The van der Waals surface area contributed by atoms with Crippen LogP contribution in [0, 0.1) is 0 Å². The molecule has 0 atom stereocenters. The highest BCUT2D eigenvalue weighted by Crippen LogP contribution is 2.29. The van der Waals surface area contributed by atoms with Gasteiger partial charge in [0.2, 0.25) is 0 Å². The third-order valence-electron chi connectivity index (χ3n) is 2.08. The van der Waals surface area contributed by atoms with Gasteiger partial charge in [0.15, 0.2) is 0 Å². The Morgan fingerprint density at radius 3 is 2.75 bits per heavy atom. The van der Waals surface area contributed by atoms with Gasteiger partial charge in [-0.25, -0.2) is 0 Å². The van der Waals surface area contributed by atoms with Crippen molar-refractivity contribution in [2.45, 2.75) is 19.2 Å². The first-order chi connectivity index (χ1) is 7.79. The van der Waals surface area contributed by atoms with E-state index in [9.17, 15) is 0 Å². The quantitative estimate of drug-likeness (QED) is 0.549. The summed E-state index contributed by atoms with van der Waals surface area (Å²) in [5, 5.41) is 0.606. The lowest BCUT2D eigenvalue weighted by Gasteiger charge is -2.11. The number of benzene rings is 1. The highest BCUT2D eigenvalue weighted by Gasteiger charge is 2.06. The van der Waals surface area contributed by atoms with Gasteiger partial charge in [-0.1, -0.05) is 23.7 Å². The van der Waals surface area contributed by atoms with Gasteiger partial charge in [0, 0.05) is 25.2 Å². The molecule has 1 aromatic carbocycles. The normalized spacial score (nSPS) is 10.4. The summed E-state index contributed by atoms with van der Waals surface area (Å²) in [5.41, 5.74) is 0.922. The molecule has 0 amide bonds. The third kappa shape index (κ3) is 4.20. The largest absolute Gasteiger partial charge is 0.492 e. The number of para-hydroxylation sites is 1. The maximum atomic E-state index is 6.03. The molecule has 16 heavy (non-hydrogen) atoms. The maximum absolute atomic E-state index is 6.03. The fourth-order valence-electron chi connectivity index (χ4n) is 1.30. The predicted molar refractivity (Wildman–Crippen MR) is 67.6 cm³/mol. The van der Waals surface area contributed by atoms with E-state index in [1.807, 2.05) is 19.1 Å². The van der Waals surface area contributed by atoms with Crippen molar-refractivity contribution in [3.8, 4) is 5.75 Å². The van der Waals surface area contributed by atoms with E-state index >= 15 is 0 Å². The fourth-order valence-corrected chi connectivity index (χ4v) is 1.76. The van der Waals surface area contributed by atoms with E-state index in [0.29, 0.717) is 29.9 Å². The van der Waals surface area contributed by atoms with Crippen LogP contribution in [0.15, 0.2) is 18.2 Å². The maximum Gasteiger partial charge on any atom is 0.142 e. The van der Waals surface area contributed by atoms with E-state index < -0.39 is 0 Å². The Morgan fingerprint density at radius 2 is 2.06 bits per heavy atom. The Kier molecular flexibility index (Phi) is 6.62. The van der Waals surface area contributed by atoms with E-state index in [-0.39, 0.29) is 0 Å². The second-order valence-corrected chi connectivity index (χ2v) is 3.94. The number of alkyl halides is 1. The minimum absolute atomic E-state index is 0.404. The molecule has 0 aromatic heterocycles. The van der Waals surface area contributed by atoms with E-state index in [1.54, 1.807) is 6.07 Å². The monoisotopic (exact) mass is 262 g/mol. The summed E-state index contributed by atoms with van der Waals surface area (Å²) in [7, 11) is 0. The van der Waals surface area contributed by atoms with Gasteiger partial charge >= 0.3 is 0 Å². The Bertz CT molecular complexity index is 316. The molecular formula is C12H16Cl2O2. The summed E-state index contributed by atoms with van der Waals surface area (Å²) in [6.07, 6.45) is 0.848. The minimum atomic E-state index is 0.404. The molecule has 0 radical (unpaired) electrons. The van der Waals surface area contributed by atoms with Crippen molar-refractivity contribution in [1.82, 2.24) is 0 Å². The van der Waals surface area contributed by atoms with Crippen LogP contribution in [0.5, 0.6) is 5.75 Å². The Balaban J connectivity index is 2.46. The van der Waals surface area contributed by atoms with Crippen LogP contribution >= 0.6 is 23.2 Å². The molecule has 1 rings (SSSR count). The SMILES string of the molecule is CCOCCCOc1c(Cl)cccc1CCl. The number of hydrogen-bond donors (Lipinski definition) is 0. The third-order valence-corrected chi connectivity index (χ3v) is 2.66. The highest BCUT2D eigenvalue weighted by molar-refractivity contribution is 6.32. The average molecular weight is 263 g/mol. The van der Waals surface area contributed by atoms with Crippen LogP contribution in [-0.2, 0) is 10.6 Å². The lowest BCUT2D eigenvalue weighted by molar-refractivity contribution is 0.130. The first kappa shape index (κ1) is 13.6. The topological polar surface area (TPSA) is 18.5 Å². The highest BCUT2D eigenvalue weighted by atomic mass is 35.5. The zero-order valence-electron chi connectivity index (χ0n) is 9.34. The van der Waals surface area contributed by atoms with Gasteiger partial charge in [0.25, 0.3) is 0 Å². The lowest BCUT2D eigenvalue weighted by atomic mass is 10.2. The first-order valence-corrected chi connectivity index (χ1v) is 6.24. The van der Waals surface area contributed by atoms with Gasteiger partial charge in [-0.15, -0.1) is 11.6 Å². The zero-order valence-corrected chi connectivity index (χ0v) is 10.9. The molecule has 0 unspecified atom stereocenters.